The second-order valence-electron chi connectivity index (χ2n) is 2.64. The largest absolute Gasteiger partial charge is 0.340 e. The van der Waals surface area contributed by atoms with E-state index in [1.807, 2.05) is 11.7 Å². The zero-order valence-corrected chi connectivity index (χ0v) is 6.98. The molecule has 0 fully saturated rings. The monoisotopic (exact) mass is 178 g/mol. The van der Waals surface area contributed by atoms with Crippen molar-refractivity contribution in [2.24, 2.45) is 5.10 Å². The second-order valence-corrected chi connectivity index (χ2v) is 3.50. The van der Waals surface area contributed by atoms with Gasteiger partial charge in [-0.15, -0.1) is 11.3 Å². The van der Waals surface area contributed by atoms with Gasteiger partial charge in [0.15, 0.2) is 0 Å². The van der Waals surface area contributed by atoms with Gasteiger partial charge in [-0.1, -0.05) is 0 Å². The zero-order valence-electron chi connectivity index (χ0n) is 6.16. The number of nitrogens with zero attached hydrogens (tertiary/aromatic N) is 2. The molecule has 0 saturated heterocycles. The molecule has 3 heterocycles. The smallest absolute Gasteiger partial charge is 0.149 e. The minimum atomic E-state index is 0.773. The fraction of sp³-hybridized carbons (Fsp3) is 0.143. The van der Waals surface area contributed by atoms with Crippen LogP contribution in [0.2, 0.25) is 0 Å². The maximum Gasteiger partial charge on any atom is 0.149 e. The van der Waals surface area contributed by atoms with Gasteiger partial charge in [-0.25, -0.2) is 4.98 Å². The van der Waals surface area contributed by atoms with E-state index in [4.69, 9.17) is 0 Å². The molecule has 0 amide bonds. The predicted octanol–water partition coefficient (Wildman–Crippen LogP) is 1.06. The van der Waals surface area contributed by atoms with E-state index in [9.17, 15) is 0 Å². The number of aromatic nitrogens is 2. The summed E-state index contributed by atoms with van der Waals surface area (Å²) in [6.45, 7) is 0.773. The lowest BCUT2D eigenvalue weighted by atomic mass is 10.2. The molecule has 1 aliphatic rings. The average Bonchev–Trinajstić information content (AvgIpc) is 2.62. The molecule has 2 aromatic rings. The van der Waals surface area contributed by atoms with Crippen LogP contribution in [-0.4, -0.2) is 16.2 Å². The van der Waals surface area contributed by atoms with Gasteiger partial charge < -0.3 is 10.4 Å². The molecule has 0 unspecified atom stereocenters. The Kier molecular flexibility index (Phi) is 1.07. The molecule has 2 N–H and O–H groups in total. The van der Waals surface area contributed by atoms with Gasteiger partial charge in [0.2, 0.25) is 0 Å². The van der Waals surface area contributed by atoms with E-state index in [-0.39, 0.29) is 0 Å². The highest BCUT2D eigenvalue weighted by Crippen LogP contribution is 2.24. The van der Waals surface area contributed by atoms with Crippen molar-refractivity contribution in [2.45, 2.75) is 6.54 Å². The summed E-state index contributed by atoms with van der Waals surface area (Å²) >= 11 is 1.65. The van der Waals surface area contributed by atoms with Crippen molar-refractivity contribution in [3.05, 3.63) is 16.8 Å². The van der Waals surface area contributed by atoms with Crippen LogP contribution >= 0.6 is 11.3 Å². The van der Waals surface area contributed by atoms with Crippen molar-refractivity contribution < 1.29 is 0 Å². The van der Waals surface area contributed by atoms with Gasteiger partial charge in [0.25, 0.3) is 0 Å². The summed E-state index contributed by atoms with van der Waals surface area (Å²) in [6.07, 6.45) is 1.84. The predicted molar refractivity (Wildman–Crippen MR) is 48.4 cm³/mol. The highest BCUT2D eigenvalue weighted by atomic mass is 32.1. The summed E-state index contributed by atoms with van der Waals surface area (Å²) in [5.74, 6) is 0. The van der Waals surface area contributed by atoms with Crippen LogP contribution in [-0.2, 0) is 6.54 Å². The Bertz CT molecular complexity index is 453. The van der Waals surface area contributed by atoms with Crippen molar-refractivity contribution in [3.63, 3.8) is 0 Å². The van der Waals surface area contributed by atoms with Gasteiger partial charge in [0, 0.05) is 11.3 Å². The minimum Gasteiger partial charge on any atom is -0.340 e. The van der Waals surface area contributed by atoms with E-state index in [2.05, 4.69) is 20.5 Å². The zero-order chi connectivity index (χ0) is 7.97. The molecular formula is C7H6N4S. The molecule has 0 aromatic carbocycles. The third-order valence-corrected chi connectivity index (χ3v) is 2.81. The Balaban J connectivity index is 2.43. The highest BCUT2D eigenvalue weighted by molar-refractivity contribution is 7.17. The molecule has 12 heavy (non-hydrogen) atoms. The summed E-state index contributed by atoms with van der Waals surface area (Å²) in [7, 11) is 0. The molecule has 2 aromatic heterocycles. The van der Waals surface area contributed by atoms with Crippen LogP contribution in [0, 0.1) is 0 Å². The summed E-state index contributed by atoms with van der Waals surface area (Å²) < 4.78 is 1.20. The van der Waals surface area contributed by atoms with Crippen LogP contribution in [0.5, 0.6) is 0 Å². The molecule has 0 spiro atoms. The lowest BCUT2D eigenvalue weighted by Gasteiger charge is -2.04. The number of hydrogen-bond acceptors (Lipinski definition) is 4. The maximum absolute atomic E-state index is 4.20. The van der Waals surface area contributed by atoms with Crippen molar-refractivity contribution in [3.8, 4) is 0 Å². The molecule has 3 rings (SSSR count). The van der Waals surface area contributed by atoms with Crippen LogP contribution in [0.25, 0.3) is 10.3 Å². The van der Waals surface area contributed by atoms with E-state index in [0.717, 1.165) is 12.2 Å². The van der Waals surface area contributed by atoms with Gasteiger partial charge in [0.05, 0.1) is 23.0 Å². The third kappa shape index (κ3) is 0.660. The summed E-state index contributed by atoms with van der Waals surface area (Å²) in [6, 6.07) is 0. The van der Waals surface area contributed by atoms with Gasteiger partial charge in [-0.2, -0.15) is 5.10 Å². The van der Waals surface area contributed by atoms with Crippen molar-refractivity contribution in [1.29, 1.82) is 0 Å². The quantitative estimate of drug-likeness (QED) is 0.633. The van der Waals surface area contributed by atoms with Gasteiger partial charge in [-0.05, 0) is 0 Å². The average molecular weight is 178 g/mol. The van der Waals surface area contributed by atoms with Crippen LogP contribution in [0.4, 0.5) is 0 Å². The summed E-state index contributed by atoms with van der Waals surface area (Å²) in [5.41, 5.74) is 8.09. The standard InChI is InChI=1S/C7H6N4S/c1-4-5(2-10-9-1)11-7-6(4)12-3-8-7/h1,3,10-11H,2H2. The van der Waals surface area contributed by atoms with Crippen LogP contribution in [0.15, 0.2) is 10.6 Å². The Morgan fingerprint density at radius 1 is 1.50 bits per heavy atom. The number of hydrogen-bond donors (Lipinski definition) is 2. The van der Waals surface area contributed by atoms with E-state index >= 15 is 0 Å². The third-order valence-electron chi connectivity index (χ3n) is 1.95. The van der Waals surface area contributed by atoms with E-state index < -0.39 is 0 Å². The lowest BCUT2D eigenvalue weighted by molar-refractivity contribution is 0.722. The minimum absolute atomic E-state index is 0.773. The number of fused-ring (bicyclic) bond motifs is 3. The highest BCUT2D eigenvalue weighted by Gasteiger charge is 2.13. The van der Waals surface area contributed by atoms with Crippen molar-refractivity contribution in [2.75, 3.05) is 0 Å². The number of thiazole rings is 1. The molecule has 4 nitrogen and oxygen atoms in total. The molecule has 0 atom stereocenters. The van der Waals surface area contributed by atoms with Crippen molar-refractivity contribution >= 4 is 27.9 Å². The maximum atomic E-state index is 4.20. The fourth-order valence-electron chi connectivity index (χ4n) is 1.38. The number of rotatable bonds is 0. The fourth-order valence-corrected chi connectivity index (χ4v) is 2.17. The SMILES string of the molecule is C1=NNCc2[nH]c3ncsc3c21. The number of nitrogens with one attached hydrogen (secondary N) is 2. The van der Waals surface area contributed by atoms with E-state index in [0.29, 0.717) is 0 Å². The van der Waals surface area contributed by atoms with E-state index in [1.54, 1.807) is 11.3 Å². The van der Waals surface area contributed by atoms with Crippen LogP contribution < -0.4 is 5.43 Å². The van der Waals surface area contributed by atoms with Gasteiger partial charge in [-0.3, -0.25) is 0 Å². The summed E-state index contributed by atoms with van der Waals surface area (Å²) in [5, 5.41) is 4.00. The number of aromatic amines is 1. The van der Waals surface area contributed by atoms with E-state index in [1.165, 1.54) is 16.0 Å². The van der Waals surface area contributed by atoms with Gasteiger partial charge >= 0.3 is 0 Å². The Labute approximate surface area is 72.3 Å². The Morgan fingerprint density at radius 2 is 2.50 bits per heavy atom. The first-order valence-electron chi connectivity index (χ1n) is 3.65. The van der Waals surface area contributed by atoms with Crippen LogP contribution in [0.3, 0.4) is 0 Å². The molecule has 1 aliphatic heterocycles. The molecule has 0 saturated carbocycles. The normalized spacial score (nSPS) is 14.7. The molecular weight excluding hydrogens is 172 g/mol. The van der Waals surface area contributed by atoms with Crippen LogP contribution in [0.1, 0.15) is 11.3 Å². The molecule has 0 bridgehead atoms. The number of hydrazone groups is 1. The molecule has 5 heteroatoms. The lowest BCUT2D eigenvalue weighted by Crippen LogP contribution is -2.12. The van der Waals surface area contributed by atoms with Crippen molar-refractivity contribution in [1.82, 2.24) is 15.4 Å². The Morgan fingerprint density at radius 3 is 3.50 bits per heavy atom. The topological polar surface area (TPSA) is 53.1 Å². The first kappa shape index (κ1) is 6.19. The summed E-state index contributed by atoms with van der Waals surface area (Å²) in [4.78, 5) is 7.44. The number of H-pyrrole nitrogens is 1. The molecule has 60 valence electrons. The first-order valence-corrected chi connectivity index (χ1v) is 4.53. The van der Waals surface area contributed by atoms with Gasteiger partial charge in [0.1, 0.15) is 5.65 Å². The molecule has 0 aliphatic carbocycles. The second kappa shape index (κ2) is 2.07. The Hall–Kier alpha value is -1.36. The first-order chi connectivity index (χ1) is 5.95. The molecule has 0 radical (unpaired) electrons.